The van der Waals surface area contributed by atoms with Crippen LogP contribution in [0.15, 0.2) is 29.6 Å². The summed E-state index contributed by atoms with van der Waals surface area (Å²) in [7, 11) is 0. The number of halogens is 1. The Hall–Kier alpha value is -1.88. The van der Waals surface area contributed by atoms with Crippen molar-refractivity contribution in [2.45, 2.75) is 13.5 Å². The molecule has 0 unspecified atom stereocenters. The Morgan fingerprint density at radius 3 is 2.94 bits per heavy atom. The van der Waals surface area contributed by atoms with Crippen LogP contribution in [0, 0.1) is 12.7 Å². The summed E-state index contributed by atoms with van der Waals surface area (Å²) in [5.41, 5.74) is 2.30. The third kappa shape index (κ3) is 2.68. The predicted octanol–water partition coefficient (Wildman–Crippen LogP) is 3.51. The number of anilines is 1. The van der Waals surface area contributed by atoms with Gasteiger partial charge in [-0.1, -0.05) is 6.07 Å². The third-order valence-electron chi connectivity index (χ3n) is 2.61. The molecular formula is C13H12FNO2S. The van der Waals surface area contributed by atoms with E-state index in [4.69, 9.17) is 5.11 Å². The molecule has 2 N–H and O–H groups in total. The molecule has 1 aromatic carbocycles. The van der Waals surface area contributed by atoms with Crippen LogP contribution < -0.4 is 5.32 Å². The predicted molar refractivity (Wildman–Crippen MR) is 69.7 cm³/mol. The SMILES string of the molecule is Cc1ccc(F)cc1NCc1ccsc1C(=O)O. The molecule has 0 amide bonds. The second kappa shape index (κ2) is 5.18. The molecule has 18 heavy (non-hydrogen) atoms. The minimum atomic E-state index is -0.933. The van der Waals surface area contributed by atoms with Gasteiger partial charge in [0.15, 0.2) is 0 Å². The molecule has 0 aliphatic rings. The van der Waals surface area contributed by atoms with E-state index in [9.17, 15) is 9.18 Å². The maximum absolute atomic E-state index is 13.1. The van der Waals surface area contributed by atoms with Gasteiger partial charge < -0.3 is 10.4 Å². The lowest BCUT2D eigenvalue weighted by Gasteiger charge is -2.09. The number of thiophene rings is 1. The molecule has 3 nitrogen and oxygen atoms in total. The third-order valence-corrected chi connectivity index (χ3v) is 3.55. The number of aryl methyl sites for hydroxylation is 1. The lowest BCUT2D eigenvalue weighted by atomic mass is 10.2. The number of carboxylic acid groups (broad SMARTS) is 1. The summed E-state index contributed by atoms with van der Waals surface area (Å²) in [4.78, 5) is 11.3. The lowest BCUT2D eigenvalue weighted by molar-refractivity contribution is 0.0701. The van der Waals surface area contributed by atoms with Crippen LogP contribution in [-0.2, 0) is 6.54 Å². The molecule has 2 rings (SSSR count). The van der Waals surface area contributed by atoms with Crippen LogP contribution in [-0.4, -0.2) is 11.1 Å². The lowest BCUT2D eigenvalue weighted by Crippen LogP contribution is -2.05. The van der Waals surface area contributed by atoms with Crippen molar-refractivity contribution in [2.24, 2.45) is 0 Å². The normalized spacial score (nSPS) is 10.3. The van der Waals surface area contributed by atoms with Crippen molar-refractivity contribution in [3.63, 3.8) is 0 Å². The first-order valence-corrected chi connectivity index (χ1v) is 6.25. The molecule has 0 atom stereocenters. The van der Waals surface area contributed by atoms with Gasteiger partial charge in [-0.25, -0.2) is 9.18 Å². The highest BCUT2D eigenvalue weighted by Crippen LogP contribution is 2.20. The Balaban J connectivity index is 2.14. The van der Waals surface area contributed by atoms with E-state index in [1.54, 1.807) is 17.5 Å². The molecule has 0 bridgehead atoms. The van der Waals surface area contributed by atoms with Crippen molar-refractivity contribution in [1.82, 2.24) is 0 Å². The zero-order chi connectivity index (χ0) is 13.1. The van der Waals surface area contributed by atoms with Crippen LogP contribution in [0.5, 0.6) is 0 Å². The van der Waals surface area contributed by atoms with Crippen LogP contribution in [0.2, 0.25) is 0 Å². The standard InChI is InChI=1S/C13H12FNO2S/c1-8-2-3-10(14)6-11(8)15-7-9-4-5-18-12(9)13(16)17/h2-6,15H,7H2,1H3,(H,16,17). The van der Waals surface area contributed by atoms with E-state index in [0.29, 0.717) is 22.7 Å². The van der Waals surface area contributed by atoms with Gasteiger partial charge in [-0.3, -0.25) is 0 Å². The van der Waals surface area contributed by atoms with Gasteiger partial charge in [0.25, 0.3) is 0 Å². The average Bonchev–Trinajstić information content (AvgIpc) is 2.79. The summed E-state index contributed by atoms with van der Waals surface area (Å²) in [6.45, 7) is 2.24. The van der Waals surface area contributed by atoms with E-state index in [-0.39, 0.29) is 5.82 Å². The first kappa shape index (κ1) is 12.6. The number of nitrogens with one attached hydrogen (secondary N) is 1. The highest BCUT2D eigenvalue weighted by Gasteiger charge is 2.11. The first-order chi connectivity index (χ1) is 8.58. The number of rotatable bonds is 4. The van der Waals surface area contributed by atoms with Crippen LogP contribution in [0.25, 0.3) is 0 Å². The summed E-state index contributed by atoms with van der Waals surface area (Å²) >= 11 is 1.19. The van der Waals surface area contributed by atoms with E-state index in [1.165, 1.54) is 23.5 Å². The van der Waals surface area contributed by atoms with E-state index in [0.717, 1.165) is 5.56 Å². The van der Waals surface area contributed by atoms with Gasteiger partial charge in [0.05, 0.1) is 0 Å². The molecule has 0 radical (unpaired) electrons. The summed E-state index contributed by atoms with van der Waals surface area (Å²) in [5, 5.41) is 13.8. The van der Waals surface area contributed by atoms with Crippen LogP contribution in [0.1, 0.15) is 20.8 Å². The molecule has 1 aromatic heterocycles. The van der Waals surface area contributed by atoms with Crippen molar-refractivity contribution in [2.75, 3.05) is 5.32 Å². The largest absolute Gasteiger partial charge is 0.477 e. The quantitative estimate of drug-likeness (QED) is 0.889. The Morgan fingerprint density at radius 1 is 1.44 bits per heavy atom. The summed E-state index contributed by atoms with van der Waals surface area (Å²) in [6, 6.07) is 6.25. The van der Waals surface area contributed by atoms with Crippen molar-refractivity contribution in [1.29, 1.82) is 0 Å². The molecule has 5 heteroatoms. The van der Waals surface area contributed by atoms with Gasteiger partial charge in [-0.15, -0.1) is 11.3 Å². The van der Waals surface area contributed by atoms with Crippen molar-refractivity contribution >= 4 is 23.0 Å². The summed E-state index contributed by atoms with van der Waals surface area (Å²) < 4.78 is 13.1. The van der Waals surface area contributed by atoms with Gasteiger partial charge in [-0.2, -0.15) is 0 Å². The van der Waals surface area contributed by atoms with Gasteiger partial charge in [0.2, 0.25) is 0 Å². The van der Waals surface area contributed by atoms with Crippen molar-refractivity contribution in [3.8, 4) is 0 Å². The van der Waals surface area contributed by atoms with Gasteiger partial charge >= 0.3 is 5.97 Å². The fourth-order valence-electron chi connectivity index (χ4n) is 1.64. The van der Waals surface area contributed by atoms with Gasteiger partial charge in [-0.05, 0) is 41.6 Å². The highest BCUT2D eigenvalue weighted by molar-refractivity contribution is 7.12. The molecule has 0 aliphatic carbocycles. The number of carboxylic acids is 1. The molecule has 94 valence electrons. The maximum atomic E-state index is 13.1. The molecular weight excluding hydrogens is 253 g/mol. The van der Waals surface area contributed by atoms with E-state index < -0.39 is 5.97 Å². The minimum Gasteiger partial charge on any atom is -0.477 e. The van der Waals surface area contributed by atoms with Crippen LogP contribution in [0.4, 0.5) is 10.1 Å². The topological polar surface area (TPSA) is 49.3 Å². The number of aromatic carboxylic acids is 1. The molecule has 0 spiro atoms. The van der Waals surface area contributed by atoms with Crippen LogP contribution >= 0.6 is 11.3 Å². The molecule has 1 heterocycles. The second-order valence-electron chi connectivity index (χ2n) is 3.89. The summed E-state index contributed by atoms with van der Waals surface area (Å²) in [5.74, 6) is -1.25. The molecule has 0 fully saturated rings. The molecule has 2 aromatic rings. The fraction of sp³-hybridized carbons (Fsp3) is 0.154. The summed E-state index contributed by atoms with van der Waals surface area (Å²) in [6.07, 6.45) is 0. The highest BCUT2D eigenvalue weighted by atomic mass is 32.1. The maximum Gasteiger partial charge on any atom is 0.346 e. The Bertz CT molecular complexity index is 580. The van der Waals surface area contributed by atoms with Crippen LogP contribution in [0.3, 0.4) is 0 Å². The van der Waals surface area contributed by atoms with Crippen molar-refractivity contribution < 1.29 is 14.3 Å². The molecule has 0 saturated heterocycles. The molecule has 0 aliphatic heterocycles. The molecule has 0 saturated carbocycles. The van der Waals surface area contributed by atoms with Gasteiger partial charge in [0, 0.05) is 12.2 Å². The fourth-order valence-corrected chi connectivity index (χ4v) is 2.40. The Labute approximate surface area is 108 Å². The zero-order valence-electron chi connectivity index (χ0n) is 9.74. The van der Waals surface area contributed by atoms with E-state index in [1.807, 2.05) is 6.92 Å². The second-order valence-corrected chi connectivity index (χ2v) is 4.81. The smallest absolute Gasteiger partial charge is 0.346 e. The number of hydrogen-bond donors (Lipinski definition) is 2. The Kier molecular flexibility index (Phi) is 3.62. The monoisotopic (exact) mass is 265 g/mol. The Morgan fingerprint density at radius 2 is 2.22 bits per heavy atom. The number of carbonyl (C=O) groups is 1. The van der Waals surface area contributed by atoms with E-state index >= 15 is 0 Å². The van der Waals surface area contributed by atoms with Gasteiger partial charge in [0.1, 0.15) is 10.7 Å². The van der Waals surface area contributed by atoms with Crippen molar-refractivity contribution in [3.05, 3.63) is 51.5 Å². The van der Waals surface area contributed by atoms with E-state index in [2.05, 4.69) is 5.32 Å². The number of hydrogen-bond acceptors (Lipinski definition) is 3. The average molecular weight is 265 g/mol. The number of benzene rings is 1. The minimum absolute atomic E-state index is 0.313. The zero-order valence-corrected chi connectivity index (χ0v) is 10.6. The first-order valence-electron chi connectivity index (χ1n) is 5.37.